The van der Waals surface area contributed by atoms with Crippen LogP contribution in [0.2, 0.25) is 0 Å². The van der Waals surface area contributed by atoms with Crippen LogP contribution in [0.15, 0.2) is 18.2 Å². The van der Waals surface area contributed by atoms with Crippen LogP contribution >= 0.6 is 0 Å². The molecular formula is C14H19NO2. The zero-order valence-corrected chi connectivity index (χ0v) is 10.2. The van der Waals surface area contributed by atoms with Gasteiger partial charge in [-0.1, -0.05) is 25.5 Å². The Bertz CT molecular complexity index is 415. The fraction of sp³-hybridized carbons (Fsp3) is 0.500. The highest BCUT2D eigenvalue weighted by atomic mass is 16.5. The third kappa shape index (κ3) is 2.50. The van der Waals surface area contributed by atoms with Crippen molar-refractivity contribution < 1.29 is 9.53 Å². The third-order valence-corrected chi connectivity index (χ3v) is 3.14. The van der Waals surface area contributed by atoms with Gasteiger partial charge in [-0.3, -0.25) is 4.79 Å². The monoisotopic (exact) mass is 233 g/mol. The molecule has 1 aromatic carbocycles. The fourth-order valence-electron chi connectivity index (χ4n) is 2.22. The number of rotatable bonds is 4. The second-order valence-corrected chi connectivity index (χ2v) is 4.51. The average molecular weight is 233 g/mol. The number of carbonyl (C=O) groups is 1. The molecule has 1 unspecified atom stereocenters. The smallest absolute Gasteiger partial charge is 0.183 e. The first-order valence-corrected chi connectivity index (χ1v) is 6.28. The number of aryl methyl sites for hydroxylation is 1. The SMILES string of the molecule is CCCC(N)C(=O)c1cccc2c1OCCC2. The number of Topliss-reactive ketones (excluding diaryl/α,β-unsaturated/α-hetero) is 1. The number of ether oxygens (including phenoxy) is 1. The summed E-state index contributed by atoms with van der Waals surface area (Å²) >= 11 is 0. The summed E-state index contributed by atoms with van der Waals surface area (Å²) in [6.07, 6.45) is 3.65. The molecule has 0 saturated carbocycles. The van der Waals surface area contributed by atoms with Crippen molar-refractivity contribution in [3.8, 4) is 5.75 Å². The van der Waals surface area contributed by atoms with E-state index < -0.39 is 6.04 Å². The molecule has 0 radical (unpaired) electrons. The lowest BCUT2D eigenvalue weighted by atomic mass is 9.96. The van der Waals surface area contributed by atoms with Gasteiger partial charge >= 0.3 is 0 Å². The second kappa shape index (κ2) is 5.32. The lowest BCUT2D eigenvalue weighted by molar-refractivity contribution is 0.0951. The van der Waals surface area contributed by atoms with Gasteiger partial charge in [0.2, 0.25) is 0 Å². The number of benzene rings is 1. The predicted molar refractivity (Wildman–Crippen MR) is 67.5 cm³/mol. The maximum atomic E-state index is 12.2. The van der Waals surface area contributed by atoms with E-state index in [1.165, 1.54) is 0 Å². The predicted octanol–water partition coefficient (Wildman–Crippen LogP) is 2.32. The molecule has 3 nitrogen and oxygen atoms in total. The van der Waals surface area contributed by atoms with E-state index in [1.807, 2.05) is 25.1 Å². The minimum atomic E-state index is -0.406. The van der Waals surface area contributed by atoms with Crippen molar-refractivity contribution in [2.45, 2.75) is 38.6 Å². The number of hydrogen-bond acceptors (Lipinski definition) is 3. The van der Waals surface area contributed by atoms with Crippen LogP contribution in [0.3, 0.4) is 0 Å². The molecule has 0 aromatic heterocycles. The first-order chi connectivity index (χ1) is 8.24. The molecule has 2 N–H and O–H groups in total. The second-order valence-electron chi connectivity index (χ2n) is 4.51. The summed E-state index contributed by atoms with van der Waals surface area (Å²) < 4.78 is 5.63. The van der Waals surface area contributed by atoms with Gasteiger partial charge in [0.15, 0.2) is 5.78 Å². The Morgan fingerprint density at radius 1 is 1.53 bits per heavy atom. The Morgan fingerprint density at radius 3 is 3.12 bits per heavy atom. The Morgan fingerprint density at radius 2 is 2.35 bits per heavy atom. The fourth-order valence-corrected chi connectivity index (χ4v) is 2.22. The summed E-state index contributed by atoms with van der Waals surface area (Å²) in [4.78, 5) is 12.2. The van der Waals surface area contributed by atoms with E-state index in [9.17, 15) is 4.79 Å². The molecule has 0 saturated heterocycles. The standard InChI is InChI=1S/C14H19NO2/c1-2-5-12(15)13(16)11-8-3-6-10-7-4-9-17-14(10)11/h3,6,8,12H,2,4-5,7,9,15H2,1H3. The molecule has 0 amide bonds. The lowest BCUT2D eigenvalue weighted by Crippen LogP contribution is -2.31. The van der Waals surface area contributed by atoms with Gasteiger partial charge in [0.25, 0.3) is 0 Å². The van der Waals surface area contributed by atoms with Crippen LogP contribution in [0.25, 0.3) is 0 Å². The highest BCUT2D eigenvalue weighted by Crippen LogP contribution is 2.29. The zero-order valence-electron chi connectivity index (χ0n) is 10.2. The quantitative estimate of drug-likeness (QED) is 0.812. The van der Waals surface area contributed by atoms with E-state index in [0.717, 1.165) is 37.0 Å². The molecule has 0 spiro atoms. The molecule has 1 atom stereocenters. The summed E-state index contributed by atoms with van der Waals surface area (Å²) in [5.74, 6) is 0.765. The summed E-state index contributed by atoms with van der Waals surface area (Å²) in [5.41, 5.74) is 7.67. The maximum Gasteiger partial charge on any atom is 0.183 e. The molecule has 92 valence electrons. The Balaban J connectivity index is 2.29. The molecule has 1 aliphatic heterocycles. The molecule has 2 rings (SSSR count). The number of hydrogen-bond donors (Lipinski definition) is 1. The average Bonchev–Trinajstić information content (AvgIpc) is 2.37. The van der Waals surface area contributed by atoms with Crippen molar-refractivity contribution in [1.82, 2.24) is 0 Å². The van der Waals surface area contributed by atoms with Gasteiger partial charge < -0.3 is 10.5 Å². The number of fused-ring (bicyclic) bond motifs is 1. The van der Waals surface area contributed by atoms with Crippen LogP contribution in [-0.4, -0.2) is 18.4 Å². The van der Waals surface area contributed by atoms with Crippen molar-refractivity contribution in [2.24, 2.45) is 5.73 Å². The summed E-state index contributed by atoms with van der Waals surface area (Å²) in [6.45, 7) is 2.73. The summed E-state index contributed by atoms with van der Waals surface area (Å²) in [7, 11) is 0. The van der Waals surface area contributed by atoms with Crippen LogP contribution in [0, 0.1) is 0 Å². The Labute approximate surface area is 102 Å². The largest absolute Gasteiger partial charge is 0.493 e. The first-order valence-electron chi connectivity index (χ1n) is 6.28. The van der Waals surface area contributed by atoms with Gasteiger partial charge in [0, 0.05) is 0 Å². The van der Waals surface area contributed by atoms with E-state index >= 15 is 0 Å². The van der Waals surface area contributed by atoms with Crippen LogP contribution in [0.1, 0.15) is 42.1 Å². The minimum absolute atomic E-state index is 0.00519. The number of nitrogens with two attached hydrogens (primary N) is 1. The van der Waals surface area contributed by atoms with E-state index in [4.69, 9.17) is 10.5 Å². The van der Waals surface area contributed by atoms with Crippen LogP contribution < -0.4 is 10.5 Å². The molecule has 1 aromatic rings. The van der Waals surface area contributed by atoms with E-state index in [2.05, 4.69) is 0 Å². The number of para-hydroxylation sites is 1. The molecule has 0 fully saturated rings. The van der Waals surface area contributed by atoms with Gasteiger partial charge in [0.05, 0.1) is 18.2 Å². The molecular weight excluding hydrogens is 214 g/mol. The molecule has 17 heavy (non-hydrogen) atoms. The number of carbonyl (C=O) groups excluding carboxylic acids is 1. The van der Waals surface area contributed by atoms with Crippen molar-refractivity contribution in [3.63, 3.8) is 0 Å². The van der Waals surface area contributed by atoms with Crippen molar-refractivity contribution in [1.29, 1.82) is 0 Å². The molecule has 3 heteroatoms. The Hall–Kier alpha value is -1.35. The minimum Gasteiger partial charge on any atom is -0.493 e. The van der Waals surface area contributed by atoms with E-state index in [1.54, 1.807) is 0 Å². The summed E-state index contributed by atoms with van der Waals surface area (Å²) in [6, 6.07) is 5.36. The van der Waals surface area contributed by atoms with Crippen molar-refractivity contribution in [2.75, 3.05) is 6.61 Å². The highest BCUT2D eigenvalue weighted by molar-refractivity contribution is 6.02. The van der Waals surface area contributed by atoms with Crippen LogP contribution in [-0.2, 0) is 6.42 Å². The maximum absolute atomic E-state index is 12.2. The van der Waals surface area contributed by atoms with Crippen LogP contribution in [0.4, 0.5) is 0 Å². The molecule has 1 heterocycles. The zero-order chi connectivity index (χ0) is 12.3. The highest BCUT2D eigenvalue weighted by Gasteiger charge is 2.22. The summed E-state index contributed by atoms with van der Waals surface area (Å²) in [5, 5.41) is 0. The van der Waals surface area contributed by atoms with Gasteiger partial charge in [-0.15, -0.1) is 0 Å². The van der Waals surface area contributed by atoms with Crippen molar-refractivity contribution >= 4 is 5.78 Å². The third-order valence-electron chi connectivity index (χ3n) is 3.14. The van der Waals surface area contributed by atoms with Gasteiger partial charge in [-0.2, -0.15) is 0 Å². The lowest BCUT2D eigenvalue weighted by Gasteiger charge is -2.21. The van der Waals surface area contributed by atoms with E-state index in [-0.39, 0.29) is 5.78 Å². The number of ketones is 1. The van der Waals surface area contributed by atoms with Crippen molar-refractivity contribution in [3.05, 3.63) is 29.3 Å². The van der Waals surface area contributed by atoms with Crippen LogP contribution in [0.5, 0.6) is 5.75 Å². The van der Waals surface area contributed by atoms with Gasteiger partial charge in [-0.05, 0) is 30.9 Å². The first kappa shape index (κ1) is 12.1. The topological polar surface area (TPSA) is 52.3 Å². The molecule has 0 bridgehead atoms. The van der Waals surface area contributed by atoms with E-state index in [0.29, 0.717) is 12.2 Å². The normalized spacial score (nSPS) is 15.9. The van der Waals surface area contributed by atoms with Gasteiger partial charge in [0.1, 0.15) is 5.75 Å². The molecule has 1 aliphatic rings. The van der Waals surface area contributed by atoms with Gasteiger partial charge in [-0.25, -0.2) is 0 Å². The molecule has 0 aliphatic carbocycles. The Kier molecular flexibility index (Phi) is 3.79.